The zero-order chi connectivity index (χ0) is 27.8. The molecule has 2 amide bonds. The molecule has 0 saturated heterocycles. The Morgan fingerprint density at radius 1 is 0.974 bits per heavy atom. The molecule has 0 aliphatic heterocycles. The van der Waals surface area contributed by atoms with Crippen LogP contribution in [0.15, 0.2) is 90.0 Å². The van der Waals surface area contributed by atoms with Crippen LogP contribution in [0.1, 0.15) is 27.0 Å². The van der Waals surface area contributed by atoms with E-state index in [9.17, 15) is 28.0 Å². The summed E-state index contributed by atoms with van der Waals surface area (Å²) in [6.07, 6.45) is -5.37. The molecule has 39 heavy (non-hydrogen) atoms. The number of fused-ring (bicyclic) bond motifs is 1. The molecular formula is C28H19F3N4O4. The summed E-state index contributed by atoms with van der Waals surface area (Å²) < 4.78 is 49.5. The molecular weight excluding hydrogens is 513 g/mol. The van der Waals surface area contributed by atoms with Crippen molar-refractivity contribution in [3.63, 3.8) is 0 Å². The quantitative estimate of drug-likeness (QED) is 0.166. The van der Waals surface area contributed by atoms with Crippen LogP contribution < -0.4 is 15.5 Å². The Morgan fingerprint density at radius 2 is 1.72 bits per heavy atom. The zero-order valence-electron chi connectivity index (χ0n) is 20.0. The third-order valence-corrected chi connectivity index (χ3v) is 5.47. The van der Waals surface area contributed by atoms with E-state index in [1.165, 1.54) is 30.3 Å². The number of nitriles is 1. The van der Waals surface area contributed by atoms with Crippen LogP contribution in [-0.4, -0.2) is 18.4 Å². The smallest absolute Gasteiger partial charge is 0.418 e. The number of carbonyl (C=O) groups is 2. The van der Waals surface area contributed by atoms with E-state index in [4.69, 9.17) is 4.74 Å². The highest BCUT2D eigenvalue weighted by Gasteiger charge is 2.33. The highest BCUT2D eigenvalue weighted by Crippen LogP contribution is 2.34. The van der Waals surface area contributed by atoms with Crippen molar-refractivity contribution in [1.29, 1.82) is 5.26 Å². The minimum absolute atomic E-state index is 0.0739. The summed E-state index contributed by atoms with van der Waals surface area (Å²) in [5, 5.41) is 17.0. The summed E-state index contributed by atoms with van der Waals surface area (Å²) in [5.74, 6) is -0.445. The lowest BCUT2D eigenvalue weighted by molar-refractivity contribution is -0.136. The number of anilines is 1. The number of halogens is 3. The number of amides is 2. The first kappa shape index (κ1) is 26.7. The maximum Gasteiger partial charge on any atom is 0.418 e. The largest absolute Gasteiger partial charge is 0.487 e. The first-order valence-corrected chi connectivity index (χ1v) is 11.4. The predicted molar refractivity (Wildman–Crippen MR) is 137 cm³/mol. The third kappa shape index (κ3) is 6.69. The fourth-order valence-corrected chi connectivity index (χ4v) is 3.66. The van der Waals surface area contributed by atoms with Crippen LogP contribution in [0.2, 0.25) is 0 Å². The maximum atomic E-state index is 13.0. The monoisotopic (exact) mass is 532 g/mol. The van der Waals surface area contributed by atoms with Crippen LogP contribution in [0, 0.1) is 11.3 Å². The molecule has 8 nitrogen and oxygen atoms in total. The number of ether oxygens (including phenoxy) is 2. The standard InChI is InChI=1S/C28H19F3N4O4/c29-28(30,31)23-10-3-4-11-24(23)34-27(37)39-17-33-35-26(36)19-12-13-25(21(14-19)15-32)38-16-20-8-5-7-18-6-1-2-9-22(18)20/h1-14,17H,16H2,(H,34,37)(H,35,36). The predicted octanol–water partition coefficient (Wildman–Crippen LogP) is 6.23. The second-order valence-corrected chi connectivity index (χ2v) is 8.00. The normalized spacial score (nSPS) is 11.1. The summed E-state index contributed by atoms with van der Waals surface area (Å²) in [7, 11) is 0. The van der Waals surface area contributed by atoms with Gasteiger partial charge in [0.1, 0.15) is 18.4 Å². The number of hydrogen-bond donors (Lipinski definition) is 2. The molecule has 4 aromatic rings. The van der Waals surface area contributed by atoms with Gasteiger partial charge in [0.25, 0.3) is 5.91 Å². The Labute approximate surface area is 220 Å². The minimum atomic E-state index is -4.68. The fraction of sp³-hybridized carbons (Fsp3) is 0.0714. The van der Waals surface area contributed by atoms with Crippen molar-refractivity contribution >= 4 is 34.9 Å². The highest BCUT2D eigenvalue weighted by molar-refractivity contribution is 5.95. The van der Waals surface area contributed by atoms with Crippen molar-refractivity contribution in [2.45, 2.75) is 12.8 Å². The van der Waals surface area contributed by atoms with Gasteiger partial charge >= 0.3 is 12.3 Å². The van der Waals surface area contributed by atoms with E-state index in [-0.39, 0.29) is 23.5 Å². The van der Waals surface area contributed by atoms with Gasteiger partial charge in [0.05, 0.1) is 16.8 Å². The van der Waals surface area contributed by atoms with E-state index in [0.29, 0.717) is 6.40 Å². The number of hydrogen-bond acceptors (Lipinski definition) is 6. The van der Waals surface area contributed by atoms with Gasteiger partial charge in [0, 0.05) is 5.56 Å². The van der Waals surface area contributed by atoms with E-state index >= 15 is 0 Å². The minimum Gasteiger partial charge on any atom is -0.487 e. The molecule has 0 saturated carbocycles. The van der Waals surface area contributed by atoms with Crippen LogP contribution in [-0.2, 0) is 17.5 Å². The first-order chi connectivity index (χ1) is 18.8. The van der Waals surface area contributed by atoms with Gasteiger partial charge in [-0.25, -0.2) is 10.2 Å². The van der Waals surface area contributed by atoms with Gasteiger partial charge in [0.2, 0.25) is 6.40 Å². The third-order valence-electron chi connectivity index (χ3n) is 5.47. The molecule has 0 radical (unpaired) electrons. The molecule has 0 unspecified atom stereocenters. The van der Waals surface area contributed by atoms with E-state index in [0.717, 1.165) is 28.5 Å². The summed E-state index contributed by atoms with van der Waals surface area (Å²) in [6, 6.07) is 24.2. The molecule has 0 atom stereocenters. The van der Waals surface area contributed by atoms with Crippen molar-refractivity contribution in [2.75, 3.05) is 5.32 Å². The summed E-state index contributed by atoms with van der Waals surface area (Å²) in [6.45, 7) is 0.207. The number of alkyl halides is 3. The van der Waals surface area contributed by atoms with Gasteiger partial charge in [-0.1, -0.05) is 54.6 Å². The van der Waals surface area contributed by atoms with Gasteiger partial charge in [-0.2, -0.15) is 18.4 Å². The van der Waals surface area contributed by atoms with Gasteiger partial charge in [-0.3, -0.25) is 10.1 Å². The number of benzene rings is 4. The second-order valence-electron chi connectivity index (χ2n) is 8.00. The van der Waals surface area contributed by atoms with Crippen molar-refractivity contribution < 1.29 is 32.2 Å². The molecule has 0 aliphatic carbocycles. The topological polar surface area (TPSA) is 113 Å². The molecule has 0 bridgehead atoms. The zero-order valence-corrected chi connectivity index (χ0v) is 20.0. The lowest BCUT2D eigenvalue weighted by atomic mass is 10.1. The highest BCUT2D eigenvalue weighted by atomic mass is 19.4. The van der Waals surface area contributed by atoms with Crippen LogP contribution >= 0.6 is 0 Å². The number of rotatable bonds is 7. The van der Waals surface area contributed by atoms with Crippen molar-refractivity contribution in [3.8, 4) is 11.8 Å². The Kier molecular flexibility index (Phi) is 8.06. The Balaban J connectivity index is 1.33. The summed E-state index contributed by atoms with van der Waals surface area (Å²) in [5.41, 5.74) is 1.67. The van der Waals surface area contributed by atoms with Crippen molar-refractivity contribution in [2.24, 2.45) is 5.10 Å². The Morgan fingerprint density at radius 3 is 2.51 bits per heavy atom. The Bertz CT molecular complexity index is 1590. The average molecular weight is 532 g/mol. The van der Waals surface area contributed by atoms with Gasteiger partial charge in [-0.05, 0) is 46.7 Å². The molecule has 0 spiro atoms. The summed E-state index contributed by atoms with van der Waals surface area (Å²) >= 11 is 0. The van der Waals surface area contributed by atoms with E-state index < -0.39 is 29.4 Å². The van der Waals surface area contributed by atoms with Gasteiger partial charge in [-0.15, -0.1) is 5.10 Å². The SMILES string of the molecule is N#Cc1cc(C(=O)NN=COC(=O)Nc2ccccc2C(F)(F)F)ccc1OCc1cccc2ccccc12. The van der Waals surface area contributed by atoms with Crippen LogP contribution in [0.5, 0.6) is 5.75 Å². The molecule has 0 aromatic heterocycles. The molecule has 4 aromatic carbocycles. The van der Waals surface area contributed by atoms with Crippen molar-refractivity contribution in [3.05, 3.63) is 107 Å². The number of carbonyl (C=O) groups excluding carboxylic acids is 2. The van der Waals surface area contributed by atoms with Crippen LogP contribution in [0.3, 0.4) is 0 Å². The number of para-hydroxylation sites is 1. The number of nitrogens with zero attached hydrogens (tertiary/aromatic N) is 2. The second kappa shape index (κ2) is 11.8. The first-order valence-electron chi connectivity index (χ1n) is 11.4. The maximum absolute atomic E-state index is 13.0. The van der Waals surface area contributed by atoms with Crippen LogP contribution in [0.25, 0.3) is 10.8 Å². The molecule has 0 aliphatic rings. The summed E-state index contributed by atoms with van der Waals surface area (Å²) in [4.78, 5) is 24.2. The van der Waals surface area contributed by atoms with E-state index in [1.807, 2.05) is 53.9 Å². The van der Waals surface area contributed by atoms with E-state index in [2.05, 4.69) is 15.3 Å². The molecule has 11 heteroatoms. The lowest BCUT2D eigenvalue weighted by Crippen LogP contribution is -2.20. The lowest BCUT2D eigenvalue weighted by Gasteiger charge is -2.12. The molecule has 196 valence electrons. The molecule has 0 heterocycles. The van der Waals surface area contributed by atoms with Crippen LogP contribution in [0.4, 0.5) is 23.7 Å². The van der Waals surface area contributed by atoms with Gasteiger partial charge in [0.15, 0.2) is 0 Å². The van der Waals surface area contributed by atoms with E-state index in [1.54, 1.807) is 0 Å². The fourth-order valence-electron chi connectivity index (χ4n) is 3.66. The molecule has 2 N–H and O–H groups in total. The van der Waals surface area contributed by atoms with Gasteiger partial charge < -0.3 is 9.47 Å². The number of hydrazone groups is 1. The Hall–Kier alpha value is -5.37. The van der Waals surface area contributed by atoms with Crippen molar-refractivity contribution in [1.82, 2.24) is 5.43 Å². The number of nitrogens with one attached hydrogen (secondary N) is 2. The molecule has 0 fully saturated rings. The average Bonchev–Trinajstić information content (AvgIpc) is 2.93. The molecule has 4 rings (SSSR count).